The largest absolute Gasteiger partial charge is 0.383 e. The Labute approximate surface area is 173 Å². The van der Waals surface area contributed by atoms with Crippen LogP contribution in [0.25, 0.3) is 0 Å². The summed E-state index contributed by atoms with van der Waals surface area (Å²) < 4.78 is 13.0. The van der Waals surface area contributed by atoms with Crippen LogP contribution in [-0.2, 0) is 20.9 Å². The number of aliphatic hydroxyl groups is 1. The zero-order valence-corrected chi connectivity index (χ0v) is 16.8. The Balaban J connectivity index is 1.52. The molecule has 0 aromatic heterocycles. The molecule has 0 spiro atoms. The Hall–Kier alpha value is -2.94. The van der Waals surface area contributed by atoms with Crippen LogP contribution in [0.3, 0.4) is 0 Å². The zero-order chi connectivity index (χ0) is 21.4. The van der Waals surface area contributed by atoms with E-state index in [-0.39, 0.29) is 24.8 Å². The second-order valence-corrected chi connectivity index (χ2v) is 7.80. The van der Waals surface area contributed by atoms with Crippen LogP contribution in [0.5, 0.6) is 0 Å². The molecule has 2 fully saturated rings. The Morgan fingerprint density at radius 3 is 2.67 bits per heavy atom. The highest BCUT2D eigenvalue weighted by Crippen LogP contribution is 2.31. The van der Waals surface area contributed by atoms with Gasteiger partial charge in [-0.3, -0.25) is 19.3 Å². The fraction of sp³-hybridized carbons (Fsp3) is 0.476. The topological polar surface area (TPSA) is 93.2 Å². The highest BCUT2D eigenvalue weighted by atomic mass is 19.1. The van der Waals surface area contributed by atoms with Gasteiger partial charge in [-0.1, -0.05) is 12.1 Å². The molecular weight excluding hydrogens is 391 g/mol. The molecule has 2 N–H and O–H groups in total. The average molecular weight is 416 g/mol. The van der Waals surface area contributed by atoms with Gasteiger partial charge in [-0.2, -0.15) is 0 Å². The number of amides is 2. The predicted molar refractivity (Wildman–Crippen MR) is 105 cm³/mol. The van der Waals surface area contributed by atoms with Gasteiger partial charge in [0.15, 0.2) is 5.78 Å². The summed E-state index contributed by atoms with van der Waals surface area (Å²) in [6, 6.07) is 4.69. The van der Waals surface area contributed by atoms with Gasteiger partial charge in [0.05, 0.1) is 0 Å². The highest BCUT2D eigenvalue weighted by Gasteiger charge is 2.51. The minimum atomic E-state index is -1.57. The molecule has 30 heavy (non-hydrogen) atoms. The molecule has 4 rings (SSSR count). The fourth-order valence-electron chi connectivity index (χ4n) is 4.32. The summed E-state index contributed by atoms with van der Waals surface area (Å²) in [7, 11) is 0. The molecule has 2 saturated heterocycles. The lowest BCUT2D eigenvalue weighted by molar-refractivity contribution is -0.159. The van der Waals surface area contributed by atoms with E-state index in [2.05, 4.69) is 10.2 Å². The lowest BCUT2D eigenvalue weighted by atomic mass is 9.86. The van der Waals surface area contributed by atoms with E-state index in [0.717, 1.165) is 25.3 Å². The number of benzene rings is 1. The van der Waals surface area contributed by atoms with Crippen LogP contribution in [0, 0.1) is 11.7 Å². The molecule has 3 unspecified atom stereocenters. The normalized spacial score (nSPS) is 26.2. The van der Waals surface area contributed by atoms with E-state index in [1.807, 2.05) is 6.92 Å². The Morgan fingerprint density at radius 1 is 1.23 bits per heavy atom. The summed E-state index contributed by atoms with van der Waals surface area (Å²) >= 11 is 0. The quantitative estimate of drug-likeness (QED) is 0.674. The van der Waals surface area contributed by atoms with Crippen LogP contribution >= 0.6 is 0 Å². The molecule has 0 radical (unpaired) electrons. The number of rotatable bonds is 4. The van der Waals surface area contributed by atoms with Gasteiger partial charge in [0.2, 0.25) is 5.91 Å². The highest BCUT2D eigenvalue weighted by molar-refractivity contribution is 6.07. The minimum absolute atomic E-state index is 0.0243. The van der Waals surface area contributed by atoms with Crippen LogP contribution in [0.1, 0.15) is 18.9 Å². The number of ketones is 1. The van der Waals surface area contributed by atoms with Crippen LogP contribution in [0.2, 0.25) is 0 Å². The van der Waals surface area contributed by atoms with Gasteiger partial charge in [-0.25, -0.2) is 4.39 Å². The van der Waals surface area contributed by atoms with Crippen molar-refractivity contribution in [2.45, 2.75) is 32.0 Å². The standard InChI is InChI=1S/C21H25FN4O4/c1-2-24-8-3-9-26-16(24)12-25-11-15(18(27)19(28)17(25)21(26)30)20(29)23-10-13-4-6-14(22)7-5-13/h4-7,12,15,17,19,28H,2-3,8-11H2,1H3,(H,23,29). The number of piperidine rings is 1. The zero-order valence-electron chi connectivity index (χ0n) is 16.8. The summed E-state index contributed by atoms with van der Waals surface area (Å²) in [6.45, 7) is 4.27. The molecule has 8 nitrogen and oxygen atoms in total. The number of nitrogens with one attached hydrogen (secondary N) is 1. The van der Waals surface area contributed by atoms with Crippen molar-refractivity contribution in [1.29, 1.82) is 0 Å². The van der Waals surface area contributed by atoms with Crippen molar-refractivity contribution < 1.29 is 23.9 Å². The third-order valence-corrected chi connectivity index (χ3v) is 5.97. The van der Waals surface area contributed by atoms with Gasteiger partial charge in [-0.15, -0.1) is 0 Å². The molecule has 2 amide bonds. The number of fused-ring (bicyclic) bond motifs is 2. The maximum absolute atomic E-state index is 13.0. The van der Waals surface area contributed by atoms with Crippen LogP contribution < -0.4 is 5.32 Å². The van der Waals surface area contributed by atoms with E-state index in [4.69, 9.17) is 0 Å². The third kappa shape index (κ3) is 3.54. The molecule has 3 atom stereocenters. The Morgan fingerprint density at radius 2 is 1.97 bits per heavy atom. The summed E-state index contributed by atoms with van der Waals surface area (Å²) in [6.07, 6.45) is 1.04. The van der Waals surface area contributed by atoms with Crippen molar-refractivity contribution in [3.63, 3.8) is 0 Å². The van der Waals surface area contributed by atoms with E-state index < -0.39 is 29.8 Å². The Bertz CT molecular complexity index is 887. The molecule has 0 aliphatic carbocycles. The lowest BCUT2D eigenvalue weighted by Crippen LogP contribution is -2.67. The van der Waals surface area contributed by atoms with Gasteiger partial charge >= 0.3 is 0 Å². The van der Waals surface area contributed by atoms with E-state index in [9.17, 15) is 23.9 Å². The number of carbonyl (C=O) groups is 3. The van der Waals surface area contributed by atoms with Crippen LogP contribution in [0.4, 0.5) is 4.39 Å². The minimum Gasteiger partial charge on any atom is -0.383 e. The molecular formula is C21H25FN4O4. The first kappa shape index (κ1) is 20.3. The summed E-state index contributed by atoms with van der Waals surface area (Å²) in [5.74, 6) is -2.20. The van der Waals surface area contributed by atoms with Crippen molar-refractivity contribution in [2.24, 2.45) is 5.92 Å². The maximum atomic E-state index is 13.0. The van der Waals surface area contributed by atoms with Crippen LogP contribution in [0.15, 0.2) is 36.3 Å². The number of hydrogen-bond acceptors (Lipinski definition) is 6. The number of aliphatic hydroxyl groups excluding tert-OH is 1. The van der Waals surface area contributed by atoms with Gasteiger partial charge in [0.1, 0.15) is 29.7 Å². The maximum Gasteiger partial charge on any atom is 0.254 e. The smallest absolute Gasteiger partial charge is 0.254 e. The van der Waals surface area contributed by atoms with Crippen molar-refractivity contribution in [3.05, 3.63) is 47.7 Å². The van der Waals surface area contributed by atoms with E-state index >= 15 is 0 Å². The fourth-order valence-corrected chi connectivity index (χ4v) is 4.32. The van der Waals surface area contributed by atoms with Crippen molar-refractivity contribution in [2.75, 3.05) is 26.2 Å². The number of halogens is 1. The van der Waals surface area contributed by atoms with E-state index in [0.29, 0.717) is 12.1 Å². The average Bonchev–Trinajstić information content (AvgIpc) is 2.75. The van der Waals surface area contributed by atoms with Crippen LogP contribution in [-0.4, -0.2) is 75.7 Å². The predicted octanol–water partition coefficient (Wildman–Crippen LogP) is 0.0390. The SMILES string of the molecule is CCN1CCCN2C(=O)C3C(O)C(=O)C(C(=O)NCc4ccc(F)cc4)CN3C=C12. The molecule has 3 aliphatic rings. The van der Waals surface area contributed by atoms with Gasteiger partial charge in [0, 0.05) is 38.9 Å². The molecule has 3 heterocycles. The molecule has 1 aromatic rings. The van der Waals surface area contributed by atoms with Crippen molar-refractivity contribution in [3.8, 4) is 0 Å². The number of nitrogens with zero attached hydrogens (tertiary/aromatic N) is 3. The first-order chi connectivity index (χ1) is 14.4. The summed E-state index contributed by atoms with van der Waals surface area (Å²) in [4.78, 5) is 43.7. The second-order valence-electron chi connectivity index (χ2n) is 7.80. The molecule has 9 heteroatoms. The van der Waals surface area contributed by atoms with Crippen molar-refractivity contribution in [1.82, 2.24) is 20.0 Å². The molecule has 3 aliphatic heterocycles. The van der Waals surface area contributed by atoms with Gasteiger partial charge < -0.3 is 20.2 Å². The summed E-state index contributed by atoms with van der Waals surface area (Å²) in [5.41, 5.74) is 0.693. The molecule has 0 bridgehead atoms. The first-order valence-electron chi connectivity index (χ1n) is 10.2. The number of hydrogen-bond donors (Lipinski definition) is 2. The first-order valence-corrected chi connectivity index (χ1v) is 10.2. The Kier molecular flexibility index (Phi) is 5.46. The van der Waals surface area contributed by atoms with Gasteiger partial charge in [-0.05, 0) is 31.0 Å². The lowest BCUT2D eigenvalue weighted by Gasteiger charge is -2.49. The number of Topliss-reactive ketones (excluding diaryl/α,β-unsaturated/α-hetero) is 1. The van der Waals surface area contributed by atoms with E-state index in [1.165, 1.54) is 12.1 Å². The summed E-state index contributed by atoms with van der Waals surface area (Å²) in [5, 5.41) is 13.3. The second kappa shape index (κ2) is 8.06. The molecule has 1 aromatic carbocycles. The molecule has 160 valence electrons. The van der Waals surface area contributed by atoms with Crippen molar-refractivity contribution >= 4 is 17.6 Å². The van der Waals surface area contributed by atoms with Gasteiger partial charge in [0.25, 0.3) is 5.91 Å². The number of carbonyl (C=O) groups excluding carboxylic acids is 3. The van der Waals surface area contributed by atoms with E-state index in [1.54, 1.807) is 28.1 Å². The monoisotopic (exact) mass is 416 g/mol. The third-order valence-electron chi connectivity index (χ3n) is 5.97. The molecule has 0 saturated carbocycles.